The predicted octanol–water partition coefficient (Wildman–Crippen LogP) is 4.46. The van der Waals surface area contributed by atoms with Crippen molar-refractivity contribution in [2.75, 3.05) is 25.5 Å². The molecule has 0 unspecified atom stereocenters. The monoisotopic (exact) mass is 443 g/mol. The number of H-pyrrole nitrogens is 1. The van der Waals surface area contributed by atoms with E-state index >= 15 is 0 Å². The summed E-state index contributed by atoms with van der Waals surface area (Å²) in [7, 11) is 0. The van der Waals surface area contributed by atoms with E-state index in [1.165, 1.54) is 23.9 Å². The second-order valence-electron chi connectivity index (χ2n) is 6.64. The minimum atomic E-state index is -0.283. The fraction of sp³-hybridized carbons (Fsp3) is 0.304. The Bertz CT molecular complexity index is 992. The van der Waals surface area contributed by atoms with Gasteiger partial charge in [0.2, 0.25) is 5.91 Å². The number of halogens is 1. The van der Waals surface area contributed by atoms with Crippen LogP contribution in [0.4, 0.5) is 4.39 Å². The molecule has 1 heterocycles. The molecule has 6 nitrogen and oxygen atoms in total. The molecule has 0 bridgehead atoms. The molecule has 2 N–H and O–H groups in total. The van der Waals surface area contributed by atoms with Gasteiger partial charge in [0.1, 0.15) is 5.82 Å². The van der Waals surface area contributed by atoms with Crippen LogP contribution in [0.1, 0.15) is 19.4 Å². The molecule has 0 saturated carbocycles. The molecule has 0 fully saturated rings. The predicted molar refractivity (Wildman–Crippen MR) is 120 cm³/mol. The van der Waals surface area contributed by atoms with Crippen LogP contribution in [0.15, 0.2) is 53.8 Å². The lowest BCUT2D eigenvalue weighted by Gasteiger charge is -2.12. The maximum atomic E-state index is 13.0. The lowest BCUT2D eigenvalue weighted by atomic mass is 10.1. The molecular weight excluding hydrogens is 417 g/mol. The average molecular weight is 444 g/mol. The molecule has 0 aliphatic heterocycles. The first-order valence-electron chi connectivity index (χ1n) is 10.2. The highest BCUT2D eigenvalue weighted by atomic mass is 32.2. The number of hydrogen-bond acceptors (Lipinski definition) is 5. The zero-order valence-corrected chi connectivity index (χ0v) is 18.4. The minimum Gasteiger partial charge on any atom is -0.490 e. The minimum absolute atomic E-state index is 0.0688. The normalized spacial score (nSPS) is 10.7. The van der Waals surface area contributed by atoms with Gasteiger partial charge in [-0.05, 0) is 67.8 Å². The number of nitrogens with one attached hydrogen (secondary N) is 2. The molecule has 1 aromatic heterocycles. The summed E-state index contributed by atoms with van der Waals surface area (Å²) in [5, 5.41) is 3.56. The highest BCUT2D eigenvalue weighted by Crippen LogP contribution is 2.28. The van der Waals surface area contributed by atoms with Crippen LogP contribution in [0.5, 0.6) is 11.5 Å². The van der Waals surface area contributed by atoms with Gasteiger partial charge in [0, 0.05) is 6.54 Å². The number of aromatic amines is 1. The topological polar surface area (TPSA) is 76.2 Å². The molecule has 0 aliphatic rings. The summed E-state index contributed by atoms with van der Waals surface area (Å²) in [6.07, 6.45) is 2.37. The van der Waals surface area contributed by atoms with Crippen LogP contribution in [0.2, 0.25) is 0 Å². The third kappa shape index (κ3) is 6.75. The van der Waals surface area contributed by atoms with E-state index in [2.05, 4.69) is 15.3 Å². The third-order valence-electron chi connectivity index (χ3n) is 4.39. The summed E-state index contributed by atoms with van der Waals surface area (Å²) in [6.45, 7) is 5.53. The number of nitrogens with zero attached hydrogens (tertiary/aromatic N) is 1. The Labute approximate surface area is 185 Å². The number of carbonyl (C=O) groups excluding carboxylic acids is 1. The zero-order valence-electron chi connectivity index (χ0n) is 17.6. The molecule has 0 saturated heterocycles. The van der Waals surface area contributed by atoms with Gasteiger partial charge in [0.15, 0.2) is 16.7 Å². The van der Waals surface area contributed by atoms with Crippen molar-refractivity contribution >= 4 is 17.7 Å². The van der Waals surface area contributed by atoms with Crippen LogP contribution in [0.25, 0.3) is 11.3 Å². The van der Waals surface area contributed by atoms with Crippen LogP contribution >= 0.6 is 11.8 Å². The highest BCUT2D eigenvalue weighted by Gasteiger charge is 2.09. The largest absolute Gasteiger partial charge is 0.490 e. The first-order chi connectivity index (χ1) is 15.1. The fourth-order valence-electron chi connectivity index (χ4n) is 2.93. The lowest BCUT2D eigenvalue weighted by Crippen LogP contribution is -2.27. The summed E-state index contributed by atoms with van der Waals surface area (Å²) in [4.78, 5) is 19.6. The molecular formula is C23H26FN3O3S. The van der Waals surface area contributed by atoms with Crippen molar-refractivity contribution in [3.05, 3.63) is 60.0 Å². The molecule has 31 heavy (non-hydrogen) atoms. The summed E-state index contributed by atoms with van der Waals surface area (Å²) in [5.74, 6) is 1.35. The smallest absolute Gasteiger partial charge is 0.230 e. The zero-order chi connectivity index (χ0) is 22.1. The molecule has 8 heteroatoms. The van der Waals surface area contributed by atoms with Crippen molar-refractivity contribution in [2.24, 2.45) is 0 Å². The van der Waals surface area contributed by atoms with Crippen molar-refractivity contribution in [1.82, 2.24) is 15.3 Å². The van der Waals surface area contributed by atoms with Gasteiger partial charge in [-0.15, -0.1) is 0 Å². The van der Waals surface area contributed by atoms with E-state index < -0.39 is 0 Å². The van der Waals surface area contributed by atoms with Gasteiger partial charge in [0.05, 0.1) is 30.9 Å². The van der Waals surface area contributed by atoms with E-state index in [1.807, 2.05) is 32.0 Å². The molecule has 1 amide bonds. The van der Waals surface area contributed by atoms with Crippen molar-refractivity contribution in [2.45, 2.75) is 25.4 Å². The van der Waals surface area contributed by atoms with Crippen molar-refractivity contribution in [3.63, 3.8) is 0 Å². The van der Waals surface area contributed by atoms with E-state index in [-0.39, 0.29) is 17.5 Å². The number of imidazole rings is 1. The molecule has 3 rings (SSSR count). The Hall–Kier alpha value is -3.00. The Morgan fingerprint density at radius 2 is 1.84 bits per heavy atom. The summed E-state index contributed by atoms with van der Waals surface area (Å²) in [6, 6.07) is 12.0. The van der Waals surface area contributed by atoms with Crippen molar-refractivity contribution in [1.29, 1.82) is 0 Å². The van der Waals surface area contributed by atoms with Gasteiger partial charge in [-0.25, -0.2) is 9.37 Å². The fourth-order valence-corrected chi connectivity index (χ4v) is 3.61. The molecule has 0 atom stereocenters. The van der Waals surface area contributed by atoms with E-state index in [0.717, 1.165) is 28.3 Å². The number of thioether (sulfide) groups is 1. The van der Waals surface area contributed by atoms with E-state index in [0.29, 0.717) is 31.3 Å². The van der Waals surface area contributed by atoms with Gasteiger partial charge in [-0.2, -0.15) is 0 Å². The number of amides is 1. The molecule has 2 aromatic carbocycles. The molecule has 0 radical (unpaired) electrons. The van der Waals surface area contributed by atoms with Gasteiger partial charge in [-0.3, -0.25) is 4.79 Å². The molecule has 164 valence electrons. The van der Waals surface area contributed by atoms with Crippen LogP contribution in [-0.4, -0.2) is 41.4 Å². The second-order valence-corrected chi connectivity index (χ2v) is 7.61. The molecule has 0 spiro atoms. The third-order valence-corrected chi connectivity index (χ3v) is 5.28. The van der Waals surface area contributed by atoms with Crippen LogP contribution in [0, 0.1) is 5.82 Å². The molecule has 3 aromatic rings. The van der Waals surface area contributed by atoms with Crippen molar-refractivity contribution < 1.29 is 18.7 Å². The summed E-state index contributed by atoms with van der Waals surface area (Å²) < 4.78 is 24.3. The van der Waals surface area contributed by atoms with Gasteiger partial charge >= 0.3 is 0 Å². The SMILES string of the molecule is CCOc1ccc(CCNC(=O)CSc2ncc(-c3ccc(F)cc3)[nH]2)cc1OCC. The van der Waals surface area contributed by atoms with Gasteiger partial charge < -0.3 is 19.8 Å². The quantitative estimate of drug-likeness (QED) is 0.428. The van der Waals surface area contributed by atoms with E-state index in [1.54, 1.807) is 18.3 Å². The van der Waals surface area contributed by atoms with Gasteiger partial charge in [-0.1, -0.05) is 17.8 Å². The molecule has 0 aliphatic carbocycles. The van der Waals surface area contributed by atoms with E-state index in [9.17, 15) is 9.18 Å². The highest BCUT2D eigenvalue weighted by molar-refractivity contribution is 7.99. The number of hydrogen-bond donors (Lipinski definition) is 2. The van der Waals surface area contributed by atoms with Crippen molar-refractivity contribution in [3.8, 4) is 22.8 Å². The van der Waals surface area contributed by atoms with E-state index in [4.69, 9.17) is 9.47 Å². The van der Waals surface area contributed by atoms with Crippen LogP contribution in [0.3, 0.4) is 0 Å². The number of aromatic nitrogens is 2. The Morgan fingerprint density at radius 1 is 1.10 bits per heavy atom. The summed E-state index contributed by atoms with van der Waals surface area (Å²) >= 11 is 1.32. The van der Waals surface area contributed by atoms with Gasteiger partial charge in [0.25, 0.3) is 0 Å². The Balaban J connectivity index is 1.44. The number of ether oxygens (including phenoxy) is 2. The van der Waals surface area contributed by atoms with Crippen LogP contribution < -0.4 is 14.8 Å². The summed E-state index contributed by atoms with van der Waals surface area (Å²) in [5.41, 5.74) is 2.69. The first kappa shape index (κ1) is 22.7. The maximum absolute atomic E-state index is 13.0. The number of benzene rings is 2. The number of rotatable bonds is 11. The first-order valence-corrected chi connectivity index (χ1v) is 11.2. The Kier molecular flexibility index (Phi) is 8.35. The number of carbonyl (C=O) groups is 1. The van der Waals surface area contributed by atoms with Crippen LogP contribution in [-0.2, 0) is 11.2 Å². The maximum Gasteiger partial charge on any atom is 0.230 e. The Morgan fingerprint density at radius 3 is 2.58 bits per heavy atom. The standard InChI is InChI=1S/C23H26FN3O3S/c1-3-29-20-10-5-16(13-21(20)30-4-2)11-12-25-22(28)15-31-23-26-14-19(27-23)17-6-8-18(24)9-7-17/h5-10,13-14H,3-4,11-12,15H2,1-2H3,(H,25,28)(H,26,27). The average Bonchev–Trinajstić information content (AvgIpc) is 3.24. The lowest BCUT2D eigenvalue weighted by molar-refractivity contribution is -0.118. The second kappa shape index (κ2) is 11.4.